The predicted octanol–water partition coefficient (Wildman–Crippen LogP) is 2.15. The number of nitrogens with zero attached hydrogens (tertiary/aromatic N) is 1. The van der Waals surface area contributed by atoms with Gasteiger partial charge in [0.15, 0.2) is 0 Å². The van der Waals surface area contributed by atoms with Gasteiger partial charge in [0.25, 0.3) is 0 Å². The fraction of sp³-hybridized carbons (Fsp3) is 0.933. The van der Waals surface area contributed by atoms with E-state index in [1.165, 1.54) is 32.1 Å². The molecule has 3 heteroatoms. The van der Waals surface area contributed by atoms with E-state index in [2.05, 4.69) is 4.90 Å². The molecule has 0 aromatic rings. The van der Waals surface area contributed by atoms with Gasteiger partial charge in [-0.2, -0.15) is 0 Å². The number of hydrogen-bond acceptors (Lipinski definition) is 2. The van der Waals surface area contributed by atoms with Crippen molar-refractivity contribution in [3.63, 3.8) is 0 Å². The van der Waals surface area contributed by atoms with Crippen LogP contribution in [-0.4, -0.2) is 29.9 Å². The number of hydrogen-bond donors (Lipinski definition) is 1. The zero-order chi connectivity index (χ0) is 12.5. The van der Waals surface area contributed by atoms with Gasteiger partial charge in [0.1, 0.15) is 0 Å². The molecule has 0 spiro atoms. The molecular formula is C15H26N2O. The topological polar surface area (TPSA) is 46.3 Å². The molecule has 1 amide bonds. The van der Waals surface area contributed by atoms with Crippen molar-refractivity contribution in [2.75, 3.05) is 13.1 Å². The zero-order valence-electron chi connectivity index (χ0n) is 11.3. The van der Waals surface area contributed by atoms with Crippen molar-refractivity contribution in [1.29, 1.82) is 0 Å². The summed E-state index contributed by atoms with van der Waals surface area (Å²) in [5.74, 6) is 2.61. The summed E-state index contributed by atoms with van der Waals surface area (Å²) in [7, 11) is 0. The molecular weight excluding hydrogens is 224 g/mol. The molecule has 0 bridgehead atoms. The average molecular weight is 250 g/mol. The van der Waals surface area contributed by atoms with E-state index in [0.29, 0.717) is 17.9 Å². The highest BCUT2D eigenvalue weighted by Crippen LogP contribution is 2.38. The minimum absolute atomic E-state index is 0.342. The van der Waals surface area contributed by atoms with E-state index in [1.54, 1.807) is 0 Å². The molecule has 3 fully saturated rings. The van der Waals surface area contributed by atoms with Crippen LogP contribution in [0, 0.1) is 17.8 Å². The van der Waals surface area contributed by atoms with Gasteiger partial charge in [0.05, 0.1) is 0 Å². The van der Waals surface area contributed by atoms with Crippen LogP contribution in [0.3, 0.4) is 0 Å². The maximum atomic E-state index is 12.3. The van der Waals surface area contributed by atoms with Crippen molar-refractivity contribution >= 4 is 5.91 Å². The van der Waals surface area contributed by atoms with Crippen LogP contribution in [0.15, 0.2) is 0 Å². The van der Waals surface area contributed by atoms with E-state index < -0.39 is 0 Å². The van der Waals surface area contributed by atoms with Gasteiger partial charge in [-0.05, 0) is 49.9 Å². The van der Waals surface area contributed by atoms with Crippen LogP contribution in [0.25, 0.3) is 0 Å². The molecule has 1 heterocycles. The Balaban J connectivity index is 1.49. The Bertz CT molecular complexity index is 306. The SMILES string of the molecule is NC1CCCC(CC(=O)N2CC3CCCC3C2)C1. The maximum Gasteiger partial charge on any atom is 0.222 e. The first-order valence-electron chi connectivity index (χ1n) is 7.75. The Morgan fingerprint density at radius 3 is 2.39 bits per heavy atom. The third-order valence-corrected chi connectivity index (χ3v) is 5.37. The Hall–Kier alpha value is -0.570. The van der Waals surface area contributed by atoms with Crippen LogP contribution < -0.4 is 5.73 Å². The van der Waals surface area contributed by atoms with Crippen molar-refractivity contribution in [2.24, 2.45) is 23.5 Å². The van der Waals surface area contributed by atoms with E-state index >= 15 is 0 Å². The molecule has 0 radical (unpaired) electrons. The van der Waals surface area contributed by atoms with Gasteiger partial charge in [-0.15, -0.1) is 0 Å². The highest BCUT2D eigenvalue weighted by molar-refractivity contribution is 5.76. The average Bonchev–Trinajstić information content (AvgIpc) is 2.88. The number of amides is 1. The minimum Gasteiger partial charge on any atom is -0.342 e. The van der Waals surface area contributed by atoms with Gasteiger partial charge in [0.2, 0.25) is 5.91 Å². The fourth-order valence-corrected chi connectivity index (χ4v) is 4.33. The highest BCUT2D eigenvalue weighted by atomic mass is 16.2. The Morgan fingerprint density at radius 1 is 1.06 bits per heavy atom. The Morgan fingerprint density at radius 2 is 1.72 bits per heavy atom. The van der Waals surface area contributed by atoms with Crippen LogP contribution >= 0.6 is 0 Å². The lowest BCUT2D eigenvalue weighted by molar-refractivity contribution is -0.131. The van der Waals surface area contributed by atoms with Gasteiger partial charge in [0, 0.05) is 25.6 Å². The Kier molecular flexibility index (Phi) is 3.60. The number of carbonyl (C=O) groups is 1. The first kappa shape index (κ1) is 12.5. The number of rotatable bonds is 2. The van der Waals surface area contributed by atoms with Crippen molar-refractivity contribution in [2.45, 2.75) is 57.4 Å². The van der Waals surface area contributed by atoms with Crippen molar-refractivity contribution in [3.05, 3.63) is 0 Å². The zero-order valence-corrected chi connectivity index (χ0v) is 11.3. The first-order chi connectivity index (χ1) is 8.72. The second-order valence-electron chi connectivity index (χ2n) is 6.75. The molecule has 4 unspecified atom stereocenters. The van der Waals surface area contributed by atoms with Crippen LogP contribution in [0.1, 0.15) is 51.4 Å². The molecule has 0 aromatic heterocycles. The third-order valence-electron chi connectivity index (χ3n) is 5.37. The van der Waals surface area contributed by atoms with Crippen molar-refractivity contribution in [1.82, 2.24) is 4.90 Å². The quantitative estimate of drug-likeness (QED) is 0.816. The van der Waals surface area contributed by atoms with Crippen LogP contribution in [-0.2, 0) is 4.79 Å². The van der Waals surface area contributed by atoms with Crippen molar-refractivity contribution in [3.8, 4) is 0 Å². The minimum atomic E-state index is 0.342. The molecule has 4 atom stereocenters. The molecule has 102 valence electrons. The lowest BCUT2D eigenvalue weighted by Gasteiger charge is -2.28. The van der Waals surface area contributed by atoms with Gasteiger partial charge >= 0.3 is 0 Å². The standard InChI is InChI=1S/C15H26N2O/c16-14-6-1-3-11(7-14)8-15(18)17-9-12-4-2-5-13(12)10-17/h11-14H,1-10,16H2. The number of likely N-dealkylation sites (tertiary alicyclic amines) is 1. The lowest BCUT2D eigenvalue weighted by atomic mass is 9.84. The molecule has 2 N–H and O–H groups in total. The predicted molar refractivity (Wildman–Crippen MR) is 72.0 cm³/mol. The van der Waals surface area contributed by atoms with E-state index in [1.807, 2.05) is 0 Å². The summed E-state index contributed by atoms with van der Waals surface area (Å²) in [4.78, 5) is 14.5. The summed E-state index contributed by atoms with van der Waals surface area (Å²) in [6, 6.07) is 0.342. The molecule has 18 heavy (non-hydrogen) atoms. The maximum absolute atomic E-state index is 12.3. The van der Waals surface area contributed by atoms with Gasteiger partial charge in [-0.1, -0.05) is 12.8 Å². The number of carbonyl (C=O) groups excluding carboxylic acids is 1. The molecule has 3 rings (SSSR count). The molecule has 3 nitrogen and oxygen atoms in total. The fourth-order valence-electron chi connectivity index (χ4n) is 4.33. The summed E-state index contributed by atoms with van der Waals surface area (Å²) >= 11 is 0. The van der Waals surface area contributed by atoms with Gasteiger partial charge in [-0.3, -0.25) is 4.79 Å². The summed E-state index contributed by atoms with van der Waals surface area (Å²) < 4.78 is 0. The monoisotopic (exact) mass is 250 g/mol. The Labute approximate surface area is 110 Å². The van der Waals surface area contributed by atoms with Crippen LogP contribution in [0.2, 0.25) is 0 Å². The van der Waals surface area contributed by atoms with Crippen LogP contribution in [0.5, 0.6) is 0 Å². The molecule has 1 saturated heterocycles. The van der Waals surface area contributed by atoms with Gasteiger partial charge in [-0.25, -0.2) is 0 Å². The summed E-state index contributed by atoms with van der Waals surface area (Å²) in [5, 5.41) is 0. The summed E-state index contributed by atoms with van der Waals surface area (Å²) in [6.45, 7) is 2.09. The van der Waals surface area contributed by atoms with E-state index in [9.17, 15) is 4.79 Å². The van der Waals surface area contributed by atoms with Gasteiger partial charge < -0.3 is 10.6 Å². The second-order valence-corrected chi connectivity index (χ2v) is 6.75. The first-order valence-corrected chi connectivity index (χ1v) is 7.75. The molecule has 0 aromatic carbocycles. The van der Waals surface area contributed by atoms with E-state index in [4.69, 9.17) is 5.73 Å². The summed E-state index contributed by atoms with van der Waals surface area (Å²) in [5.41, 5.74) is 6.00. The smallest absolute Gasteiger partial charge is 0.222 e. The van der Waals surface area contributed by atoms with Crippen LogP contribution in [0.4, 0.5) is 0 Å². The third kappa shape index (κ3) is 2.56. The normalized spacial score (nSPS) is 39.9. The molecule has 2 saturated carbocycles. The van der Waals surface area contributed by atoms with E-state index in [0.717, 1.165) is 44.2 Å². The second kappa shape index (κ2) is 5.20. The number of fused-ring (bicyclic) bond motifs is 1. The molecule has 3 aliphatic rings. The molecule has 2 aliphatic carbocycles. The van der Waals surface area contributed by atoms with Crippen molar-refractivity contribution < 1.29 is 4.79 Å². The largest absolute Gasteiger partial charge is 0.342 e. The lowest BCUT2D eigenvalue weighted by Crippen LogP contribution is -2.34. The van der Waals surface area contributed by atoms with E-state index in [-0.39, 0.29) is 0 Å². The molecule has 1 aliphatic heterocycles. The highest BCUT2D eigenvalue weighted by Gasteiger charge is 2.38. The number of nitrogens with two attached hydrogens (primary N) is 1. The summed E-state index contributed by atoms with van der Waals surface area (Å²) in [6.07, 6.45) is 9.48.